The van der Waals surface area contributed by atoms with E-state index < -0.39 is 0 Å². The molecule has 0 radical (unpaired) electrons. The molecule has 0 N–H and O–H groups in total. The Morgan fingerprint density at radius 2 is 2.13 bits per heavy atom. The Hall–Kier alpha value is 0.370. The summed E-state index contributed by atoms with van der Waals surface area (Å²) < 4.78 is 0. The molecule has 1 aromatic heterocycles. The van der Waals surface area contributed by atoms with Crippen LogP contribution in [-0.4, -0.2) is 34.5 Å². The van der Waals surface area contributed by atoms with Crippen LogP contribution in [0.15, 0.2) is 17.5 Å². The fraction of sp³-hybridized carbons (Fsp3) is 0.583. The van der Waals surface area contributed by atoms with Crippen LogP contribution in [0.5, 0.6) is 0 Å². The van der Waals surface area contributed by atoms with Crippen molar-refractivity contribution in [3.8, 4) is 0 Å². The molecule has 1 saturated carbocycles. The van der Waals surface area contributed by atoms with E-state index in [1.54, 1.807) is 11.3 Å². The van der Waals surface area contributed by atoms with Gasteiger partial charge in [-0.15, -0.1) is 11.3 Å². The first-order valence-electron chi connectivity index (χ1n) is 5.42. The molecule has 78 valence electrons. The van der Waals surface area contributed by atoms with E-state index in [4.69, 9.17) is 0 Å². The second kappa shape index (κ2) is 6.85. The van der Waals surface area contributed by atoms with Crippen LogP contribution in [0.1, 0.15) is 44.2 Å². The SMILES string of the molecule is C=C(CC1CCCCC1)c1cscn1.[NaH]. The standard InChI is InChI=1S/C12H17NS.Na.H/c1-10(12-8-14-9-13-12)7-11-5-3-2-4-6-11;;/h8-9,11H,1-7H2;;. The van der Waals surface area contributed by atoms with Gasteiger partial charge in [0.1, 0.15) is 0 Å². The molecule has 0 atom stereocenters. The van der Waals surface area contributed by atoms with Crippen LogP contribution in [0.25, 0.3) is 5.57 Å². The summed E-state index contributed by atoms with van der Waals surface area (Å²) in [5.41, 5.74) is 4.24. The Morgan fingerprint density at radius 3 is 2.73 bits per heavy atom. The van der Waals surface area contributed by atoms with E-state index in [1.165, 1.54) is 37.7 Å². The summed E-state index contributed by atoms with van der Waals surface area (Å²) in [4.78, 5) is 4.30. The Bertz CT molecular complexity index is 289. The molecular formula is C12H18NNaS. The molecule has 1 aliphatic rings. The second-order valence-corrected chi connectivity index (χ2v) is 4.90. The first-order chi connectivity index (χ1) is 6.86. The summed E-state index contributed by atoms with van der Waals surface area (Å²) in [7, 11) is 0. The summed E-state index contributed by atoms with van der Waals surface area (Å²) in [5.74, 6) is 0.873. The van der Waals surface area contributed by atoms with Crippen LogP contribution in [0.3, 0.4) is 0 Å². The van der Waals surface area contributed by atoms with E-state index in [9.17, 15) is 0 Å². The zero-order valence-electron chi connectivity index (χ0n) is 8.54. The minimum atomic E-state index is 0. The van der Waals surface area contributed by atoms with Crippen LogP contribution in [0.4, 0.5) is 0 Å². The number of hydrogen-bond donors (Lipinski definition) is 0. The quantitative estimate of drug-likeness (QED) is 0.726. The molecule has 1 aromatic rings. The molecule has 0 bridgehead atoms. The Balaban J connectivity index is 0.00000112. The predicted octanol–water partition coefficient (Wildman–Crippen LogP) is 3.48. The van der Waals surface area contributed by atoms with Gasteiger partial charge in [0.05, 0.1) is 11.2 Å². The van der Waals surface area contributed by atoms with E-state index in [-0.39, 0.29) is 29.6 Å². The Labute approximate surface area is 118 Å². The van der Waals surface area contributed by atoms with Crippen LogP contribution in [-0.2, 0) is 0 Å². The fourth-order valence-electron chi connectivity index (χ4n) is 2.23. The molecule has 15 heavy (non-hydrogen) atoms. The van der Waals surface area contributed by atoms with Gasteiger partial charge in [0.2, 0.25) is 0 Å². The van der Waals surface area contributed by atoms with Crippen LogP contribution in [0, 0.1) is 5.92 Å². The van der Waals surface area contributed by atoms with E-state index in [0.29, 0.717) is 0 Å². The summed E-state index contributed by atoms with van der Waals surface area (Å²) in [6, 6.07) is 0. The van der Waals surface area contributed by atoms with Gasteiger partial charge in [-0.25, -0.2) is 4.98 Å². The van der Waals surface area contributed by atoms with Crippen molar-refractivity contribution in [2.45, 2.75) is 38.5 Å². The number of nitrogens with zero attached hydrogens (tertiary/aromatic N) is 1. The van der Waals surface area contributed by atoms with Crippen molar-refractivity contribution in [3.05, 3.63) is 23.2 Å². The fourth-order valence-corrected chi connectivity index (χ4v) is 2.82. The van der Waals surface area contributed by atoms with Crippen molar-refractivity contribution in [1.29, 1.82) is 0 Å². The number of hydrogen-bond acceptors (Lipinski definition) is 2. The average Bonchev–Trinajstić information content (AvgIpc) is 2.72. The van der Waals surface area contributed by atoms with E-state index >= 15 is 0 Å². The van der Waals surface area contributed by atoms with Gasteiger partial charge in [-0.05, 0) is 17.9 Å². The molecule has 1 heterocycles. The first kappa shape index (κ1) is 13.4. The normalized spacial score (nSPS) is 17.1. The maximum atomic E-state index is 4.30. The van der Waals surface area contributed by atoms with Gasteiger partial charge in [-0.2, -0.15) is 0 Å². The third kappa shape index (κ3) is 4.03. The number of rotatable bonds is 3. The van der Waals surface area contributed by atoms with E-state index in [0.717, 1.165) is 18.0 Å². The van der Waals surface area contributed by atoms with Gasteiger partial charge in [0, 0.05) is 5.38 Å². The molecule has 1 aliphatic carbocycles. The van der Waals surface area contributed by atoms with Crippen molar-refractivity contribution in [3.63, 3.8) is 0 Å². The van der Waals surface area contributed by atoms with Crippen molar-refractivity contribution >= 4 is 46.5 Å². The Morgan fingerprint density at radius 1 is 1.40 bits per heavy atom. The van der Waals surface area contributed by atoms with Gasteiger partial charge in [-0.3, -0.25) is 0 Å². The van der Waals surface area contributed by atoms with Crippen molar-refractivity contribution in [2.75, 3.05) is 0 Å². The molecule has 0 spiro atoms. The number of allylic oxidation sites excluding steroid dienone is 1. The van der Waals surface area contributed by atoms with Crippen molar-refractivity contribution in [1.82, 2.24) is 4.98 Å². The molecule has 2 rings (SSSR count). The third-order valence-corrected chi connectivity index (χ3v) is 3.64. The summed E-state index contributed by atoms with van der Waals surface area (Å²) in [6.45, 7) is 4.14. The third-order valence-electron chi connectivity index (χ3n) is 3.05. The second-order valence-electron chi connectivity index (χ2n) is 4.19. The van der Waals surface area contributed by atoms with Gasteiger partial charge >= 0.3 is 29.6 Å². The monoisotopic (exact) mass is 231 g/mol. The molecule has 1 fully saturated rings. The number of thiazole rings is 1. The molecule has 0 aromatic carbocycles. The van der Waals surface area contributed by atoms with E-state index in [1.807, 2.05) is 5.51 Å². The van der Waals surface area contributed by atoms with Crippen LogP contribution >= 0.6 is 11.3 Å². The molecular weight excluding hydrogens is 213 g/mol. The van der Waals surface area contributed by atoms with Crippen LogP contribution in [0.2, 0.25) is 0 Å². The average molecular weight is 231 g/mol. The summed E-state index contributed by atoms with van der Waals surface area (Å²) in [6.07, 6.45) is 8.19. The van der Waals surface area contributed by atoms with Gasteiger partial charge < -0.3 is 0 Å². The molecule has 0 aliphatic heterocycles. The van der Waals surface area contributed by atoms with Gasteiger partial charge in [0.15, 0.2) is 0 Å². The van der Waals surface area contributed by atoms with Gasteiger partial charge in [0.25, 0.3) is 0 Å². The van der Waals surface area contributed by atoms with Crippen LogP contribution < -0.4 is 0 Å². The zero-order valence-corrected chi connectivity index (χ0v) is 9.35. The minimum absolute atomic E-state index is 0. The molecule has 0 amide bonds. The zero-order chi connectivity index (χ0) is 9.80. The molecule has 3 heteroatoms. The predicted molar refractivity (Wildman–Crippen MR) is 69.5 cm³/mol. The molecule has 0 unspecified atom stereocenters. The molecule has 0 saturated heterocycles. The number of aromatic nitrogens is 1. The molecule has 1 nitrogen and oxygen atoms in total. The van der Waals surface area contributed by atoms with Crippen molar-refractivity contribution < 1.29 is 0 Å². The van der Waals surface area contributed by atoms with Crippen molar-refractivity contribution in [2.24, 2.45) is 5.92 Å². The topological polar surface area (TPSA) is 12.9 Å². The van der Waals surface area contributed by atoms with Gasteiger partial charge in [-0.1, -0.05) is 38.7 Å². The summed E-state index contributed by atoms with van der Waals surface area (Å²) in [5, 5.41) is 2.10. The van der Waals surface area contributed by atoms with E-state index in [2.05, 4.69) is 16.9 Å². The maximum absolute atomic E-state index is 4.30. The Kier molecular flexibility index (Phi) is 6.13. The summed E-state index contributed by atoms with van der Waals surface area (Å²) >= 11 is 1.66. The first-order valence-corrected chi connectivity index (χ1v) is 6.37.